The molecule has 2 atom stereocenters. The van der Waals surface area contributed by atoms with E-state index in [-0.39, 0.29) is 0 Å². The smallest absolute Gasteiger partial charge is 0.0239 e. The number of nitrogens with zero attached hydrogens (tertiary/aromatic N) is 1. The summed E-state index contributed by atoms with van der Waals surface area (Å²) in [6, 6.07) is 12.1. The summed E-state index contributed by atoms with van der Waals surface area (Å²) in [5.41, 5.74) is 1.42. The quantitative estimate of drug-likeness (QED) is 0.696. The molecule has 0 aliphatic carbocycles. The largest absolute Gasteiger partial charge is 0.294 e. The van der Waals surface area contributed by atoms with Crippen molar-refractivity contribution in [3.05, 3.63) is 35.9 Å². The molecule has 0 aromatic heterocycles. The highest BCUT2D eigenvalue weighted by molar-refractivity contribution is 5.14. The molecule has 0 amide bonds. The summed E-state index contributed by atoms with van der Waals surface area (Å²) in [5.74, 6) is 0. The average molecular weight is 219 g/mol. The van der Waals surface area contributed by atoms with Crippen LogP contribution in [0.3, 0.4) is 0 Å². The average Bonchev–Trinajstić information content (AvgIpc) is 2.35. The Balaban J connectivity index is 2.71. The van der Waals surface area contributed by atoms with Gasteiger partial charge in [0.25, 0.3) is 0 Å². The molecule has 1 aromatic rings. The molecule has 0 N–H and O–H groups in total. The van der Waals surface area contributed by atoms with Gasteiger partial charge in [-0.3, -0.25) is 4.90 Å². The molecule has 0 saturated heterocycles. The molecule has 90 valence electrons. The van der Waals surface area contributed by atoms with Crippen molar-refractivity contribution in [1.29, 1.82) is 0 Å². The highest BCUT2D eigenvalue weighted by Crippen LogP contribution is 2.15. The maximum Gasteiger partial charge on any atom is 0.0239 e. The molecule has 1 heteroatoms. The van der Waals surface area contributed by atoms with Gasteiger partial charge in [-0.1, -0.05) is 44.2 Å². The van der Waals surface area contributed by atoms with Crippen molar-refractivity contribution >= 4 is 0 Å². The van der Waals surface area contributed by atoms with Crippen LogP contribution in [0.4, 0.5) is 0 Å². The molecule has 0 aliphatic heterocycles. The van der Waals surface area contributed by atoms with Crippen LogP contribution in [0.2, 0.25) is 0 Å². The molecule has 16 heavy (non-hydrogen) atoms. The topological polar surface area (TPSA) is 3.24 Å². The first-order valence-electron chi connectivity index (χ1n) is 6.48. The maximum atomic E-state index is 2.61. The first kappa shape index (κ1) is 13.2. The minimum absolute atomic E-state index is 0.662. The molecule has 1 nitrogen and oxygen atoms in total. The summed E-state index contributed by atoms with van der Waals surface area (Å²) >= 11 is 0. The van der Waals surface area contributed by atoms with Crippen LogP contribution in [0.25, 0.3) is 0 Å². The zero-order valence-electron chi connectivity index (χ0n) is 11.1. The van der Waals surface area contributed by atoms with E-state index in [0.29, 0.717) is 12.1 Å². The monoisotopic (exact) mass is 219 g/mol. The van der Waals surface area contributed by atoms with Gasteiger partial charge in [-0.25, -0.2) is 0 Å². The Bertz CT molecular complexity index is 271. The van der Waals surface area contributed by atoms with Gasteiger partial charge in [0, 0.05) is 18.6 Å². The third kappa shape index (κ3) is 3.64. The second kappa shape index (κ2) is 6.70. The third-order valence-corrected chi connectivity index (χ3v) is 3.52. The predicted molar refractivity (Wildman–Crippen MR) is 71.5 cm³/mol. The molecule has 0 aliphatic rings. The molecule has 0 radical (unpaired) electrons. The fourth-order valence-corrected chi connectivity index (χ4v) is 2.01. The van der Waals surface area contributed by atoms with Crippen molar-refractivity contribution in [2.45, 2.75) is 59.2 Å². The van der Waals surface area contributed by atoms with Gasteiger partial charge in [-0.15, -0.1) is 0 Å². The standard InChI is InChI=1S/C15H25N/c1-5-13(3)16(14(4)6-2)12-15-10-8-7-9-11-15/h7-11,13-14H,5-6,12H2,1-4H3. The zero-order chi connectivity index (χ0) is 12.0. The minimum atomic E-state index is 0.662. The number of hydrogen-bond acceptors (Lipinski definition) is 1. The Morgan fingerprint density at radius 2 is 1.44 bits per heavy atom. The predicted octanol–water partition coefficient (Wildman–Crippen LogP) is 4.09. The van der Waals surface area contributed by atoms with Crippen LogP contribution < -0.4 is 0 Å². The van der Waals surface area contributed by atoms with Gasteiger partial charge in [0.1, 0.15) is 0 Å². The van der Waals surface area contributed by atoms with E-state index in [2.05, 4.69) is 62.9 Å². The molecule has 2 unspecified atom stereocenters. The van der Waals surface area contributed by atoms with E-state index in [1.54, 1.807) is 0 Å². The van der Waals surface area contributed by atoms with E-state index in [0.717, 1.165) is 6.54 Å². The number of hydrogen-bond donors (Lipinski definition) is 0. The fraction of sp³-hybridized carbons (Fsp3) is 0.600. The Hall–Kier alpha value is -0.820. The Morgan fingerprint density at radius 3 is 1.88 bits per heavy atom. The van der Waals surface area contributed by atoms with Gasteiger partial charge >= 0.3 is 0 Å². The van der Waals surface area contributed by atoms with Gasteiger partial charge in [0.05, 0.1) is 0 Å². The van der Waals surface area contributed by atoms with Crippen LogP contribution in [0.1, 0.15) is 46.1 Å². The summed E-state index contributed by atoms with van der Waals surface area (Å²) in [4.78, 5) is 2.61. The van der Waals surface area contributed by atoms with Gasteiger partial charge in [-0.2, -0.15) is 0 Å². The van der Waals surface area contributed by atoms with Crippen molar-refractivity contribution in [1.82, 2.24) is 4.90 Å². The van der Waals surface area contributed by atoms with Gasteiger partial charge < -0.3 is 0 Å². The van der Waals surface area contributed by atoms with Crippen LogP contribution in [0.15, 0.2) is 30.3 Å². The van der Waals surface area contributed by atoms with Crippen molar-refractivity contribution in [3.63, 3.8) is 0 Å². The minimum Gasteiger partial charge on any atom is -0.294 e. The Morgan fingerprint density at radius 1 is 0.938 bits per heavy atom. The lowest BCUT2D eigenvalue weighted by Crippen LogP contribution is -2.39. The summed E-state index contributed by atoms with van der Waals surface area (Å²) in [5, 5.41) is 0. The van der Waals surface area contributed by atoms with Gasteiger partial charge in [-0.05, 0) is 32.3 Å². The molecule has 0 spiro atoms. The van der Waals surface area contributed by atoms with Crippen LogP contribution in [-0.2, 0) is 6.54 Å². The molecule has 0 fully saturated rings. The van der Waals surface area contributed by atoms with E-state index in [4.69, 9.17) is 0 Å². The lowest BCUT2D eigenvalue weighted by Gasteiger charge is -2.33. The SMILES string of the molecule is CCC(C)N(Cc1ccccc1)C(C)CC. The van der Waals surface area contributed by atoms with Gasteiger partial charge in [0.15, 0.2) is 0 Å². The van der Waals surface area contributed by atoms with Crippen molar-refractivity contribution in [2.24, 2.45) is 0 Å². The lowest BCUT2D eigenvalue weighted by molar-refractivity contribution is 0.137. The molecule has 0 heterocycles. The fourth-order valence-electron chi connectivity index (χ4n) is 2.01. The normalized spacial score (nSPS) is 15.1. The molecule has 0 saturated carbocycles. The summed E-state index contributed by atoms with van der Waals surface area (Å²) < 4.78 is 0. The highest BCUT2D eigenvalue weighted by atomic mass is 15.2. The van der Waals surface area contributed by atoms with Crippen LogP contribution >= 0.6 is 0 Å². The Kier molecular flexibility index (Phi) is 5.54. The van der Waals surface area contributed by atoms with E-state index in [1.807, 2.05) is 0 Å². The second-order valence-electron chi connectivity index (χ2n) is 4.67. The van der Waals surface area contributed by atoms with Gasteiger partial charge in [0.2, 0.25) is 0 Å². The first-order valence-corrected chi connectivity index (χ1v) is 6.48. The lowest BCUT2D eigenvalue weighted by atomic mass is 10.1. The summed E-state index contributed by atoms with van der Waals surface area (Å²) in [6.07, 6.45) is 2.44. The summed E-state index contributed by atoms with van der Waals surface area (Å²) in [6.45, 7) is 10.3. The number of benzene rings is 1. The van der Waals surface area contributed by atoms with E-state index >= 15 is 0 Å². The van der Waals surface area contributed by atoms with Crippen molar-refractivity contribution in [3.8, 4) is 0 Å². The van der Waals surface area contributed by atoms with E-state index in [9.17, 15) is 0 Å². The highest BCUT2D eigenvalue weighted by Gasteiger charge is 2.17. The Labute approximate surface area is 100 Å². The molecule has 0 bridgehead atoms. The van der Waals surface area contributed by atoms with E-state index in [1.165, 1.54) is 18.4 Å². The second-order valence-corrected chi connectivity index (χ2v) is 4.67. The molecule has 1 aromatic carbocycles. The third-order valence-electron chi connectivity index (χ3n) is 3.52. The molecular weight excluding hydrogens is 194 g/mol. The molecule has 1 rings (SSSR count). The van der Waals surface area contributed by atoms with Crippen molar-refractivity contribution < 1.29 is 0 Å². The first-order chi connectivity index (χ1) is 7.69. The number of rotatable bonds is 6. The zero-order valence-corrected chi connectivity index (χ0v) is 11.1. The maximum absolute atomic E-state index is 2.61. The molecular formula is C15H25N. The van der Waals surface area contributed by atoms with Crippen LogP contribution in [-0.4, -0.2) is 17.0 Å². The van der Waals surface area contributed by atoms with Crippen LogP contribution in [0, 0.1) is 0 Å². The summed E-state index contributed by atoms with van der Waals surface area (Å²) in [7, 11) is 0. The van der Waals surface area contributed by atoms with E-state index < -0.39 is 0 Å². The van der Waals surface area contributed by atoms with Crippen molar-refractivity contribution in [2.75, 3.05) is 0 Å². The van der Waals surface area contributed by atoms with Crippen LogP contribution in [0.5, 0.6) is 0 Å².